The summed E-state index contributed by atoms with van der Waals surface area (Å²) in [6, 6.07) is 0.655. The minimum absolute atomic E-state index is 0.00866. The lowest BCUT2D eigenvalue weighted by molar-refractivity contribution is 0.141. The topological polar surface area (TPSA) is 32.3 Å². The number of rotatable bonds is 4. The van der Waals surface area contributed by atoms with Gasteiger partial charge in [-0.2, -0.15) is 0 Å². The van der Waals surface area contributed by atoms with E-state index in [1.807, 2.05) is 0 Å². The third kappa shape index (κ3) is 2.12. The van der Waals surface area contributed by atoms with Crippen LogP contribution in [0, 0.1) is 11.8 Å². The van der Waals surface area contributed by atoms with E-state index >= 15 is 0 Å². The van der Waals surface area contributed by atoms with Gasteiger partial charge in [-0.25, -0.2) is 0 Å². The van der Waals surface area contributed by atoms with Crippen LogP contribution in [0.3, 0.4) is 0 Å². The molecule has 82 valence electrons. The Morgan fingerprint density at radius 1 is 1.29 bits per heavy atom. The Balaban J connectivity index is 1.87. The van der Waals surface area contributed by atoms with Crippen LogP contribution in [-0.4, -0.2) is 23.3 Å². The molecule has 14 heavy (non-hydrogen) atoms. The quantitative estimate of drug-likeness (QED) is 0.721. The standard InChI is InChI=1S/C12H23NO/c1-9-3-6-11(7-9)13-12(2,8-14)10-4-5-10/h9-11,13-14H,3-8H2,1-2H3. The van der Waals surface area contributed by atoms with Gasteiger partial charge in [-0.3, -0.25) is 0 Å². The second kappa shape index (κ2) is 3.82. The number of aliphatic hydroxyl groups is 1. The van der Waals surface area contributed by atoms with Crippen LogP contribution in [0.15, 0.2) is 0 Å². The smallest absolute Gasteiger partial charge is 0.0613 e. The normalized spacial score (nSPS) is 37.1. The van der Waals surface area contributed by atoms with Crippen LogP contribution >= 0.6 is 0 Å². The van der Waals surface area contributed by atoms with Crippen molar-refractivity contribution in [3.05, 3.63) is 0 Å². The van der Waals surface area contributed by atoms with E-state index in [2.05, 4.69) is 19.2 Å². The van der Waals surface area contributed by atoms with Crippen LogP contribution in [0.5, 0.6) is 0 Å². The Hall–Kier alpha value is -0.0800. The molecule has 3 atom stereocenters. The first-order valence-corrected chi connectivity index (χ1v) is 6.02. The van der Waals surface area contributed by atoms with E-state index in [0.29, 0.717) is 12.6 Å². The molecule has 2 rings (SSSR count). The predicted octanol–water partition coefficient (Wildman–Crippen LogP) is 1.93. The Bertz CT molecular complexity index is 202. The van der Waals surface area contributed by atoms with E-state index < -0.39 is 0 Å². The summed E-state index contributed by atoms with van der Waals surface area (Å²) < 4.78 is 0. The van der Waals surface area contributed by atoms with E-state index in [0.717, 1.165) is 11.8 Å². The zero-order valence-electron chi connectivity index (χ0n) is 9.42. The van der Waals surface area contributed by atoms with Crippen molar-refractivity contribution in [3.8, 4) is 0 Å². The fourth-order valence-electron chi connectivity index (χ4n) is 2.82. The minimum Gasteiger partial charge on any atom is -0.394 e. The average molecular weight is 197 g/mol. The Morgan fingerprint density at radius 2 is 2.00 bits per heavy atom. The molecule has 0 aromatic heterocycles. The summed E-state index contributed by atoms with van der Waals surface area (Å²) in [5, 5.41) is 13.1. The molecule has 2 saturated carbocycles. The van der Waals surface area contributed by atoms with Crippen molar-refractivity contribution >= 4 is 0 Å². The van der Waals surface area contributed by atoms with Crippen LogP contribution < -0.4 is 5.32 Å². The molecule has 2 aliphatic carbocycles. The van der Waals surface area contributed by atoms with E-state index in [1.54, 1.807) is 0 Å². The zero-order chi connectivity index (χ0) is 10.2. The first kappa shape index (κ1) is 10.4. The number of hydrogen-bond acceptors (Lipinski definition) is 2. The molecule has 0 radical (unpaired) electrons. The van der Waals surface area contributed by atoms with Gasteiger partial charge in [0.1, 0.15) is 0 Å². The largest absolute Gasteiger partial charge is 0.394 e. The maximum Gasteiger partial charge on any atom is 0.0613 e. The van der Waals surface area contributed by atoms with E-state index in [4.69, 9.17) is 0 Å². The fourth-order valence-corrected chi connectivity index (χ4v) is 2.82. The number of aliphatic hydroxyl groups excluding tert-OH is 1. The molecule has 0 aliphatic heterocycles. The lowest BCUT2D eigenvalue weighted by atomic mass is 9.95. The minimum atomic E-state index is 0.00866. The Kier molecular flexibility index (Phi) is 2.85. The molecule has 2 fully saturated rings. The summed E-state index contributed by atoms with van der Waals surface area (Å²) in [5.74, 6) is 1.60. The van der Waals surface area contributed by atoms with Crippen LogP contribution in [0.1, 0.15) is 46.0 Å². The molecular weight excluding hydrogens is 174 g/mol. The van der Waals surface area contributed by atoms with Crippen LogP contribution in [0.4, 0.5) is 0 Å². The van der Waals surface area contributed by atoms with Crippen molar-refractivity contribution in [2.45, 2.75) is 57.5 Å². The molecule has 0 spiro atoms. The van der Waals surface area contributed by atoms with E-state index in [9.17, 15) is 5.11 Å². The van der Waals surface area contributed by atoms with Gasteiger partial charge < -0.3 is 10.4 Å². The highest BCUT2D eigenvalue weighted by Gasteiger charge is 2.42. The highest BCUT2D eigenvalue weighted by atomic mass is 16.3. The van der Waals surface area contributed by atoms with Crippen LogP contribution in [0.2, 0.25) is 0 Å². The molecule has 0 bridgehead atoms. The maximum atomic E-state index is 9.46. The maximum absolute atomic E-state index is 9.46. The van der Waals surface area contributed by atoms with Gasteiger partial charge >= 0.3 is 0 Å². The van der Waals surface area contributed by atoms with Gasteiger partial charge in [-0.05, 0) is 50.9 Å². The first-order valence-electron chi connectivity index (χ1n) is 6.02. The lowest BCUT2D eigenvalue weighted by Crippen LogP contribution is -2.51. The molecule has 0 amide bonds. The van der Waals surface area contributed by atoms with Crippen LogP contribution in [0.25, 0.3) is 0 Å². The van der Waals surface area contributed by atoms with Crippen molar-refractivity contribution < 1.29 is 5.11 Å². The lowest BCUT2D eigenvalue weighted by Gasteiger charge is -2.32. The van der Waals surface area contributed by atoms with Gasteiger partial charge in [0, 0.05) is 11.6 Å². The second-order valence-corrected chi connectivity index (χ2v) is 5.61. The predicted molar refractivity (Wildman–Crippen MR) is 58.2 cm³/mol. The van der Waals surface area contributed by atoms with Gasteiger partial charge in [0.2, 0.25) is 0 Å². The molecule has 0 aromatic carbocycles. The van der Waals surface area contributed by atoms with Gasteiger partial charge in [0.05, 0.1) is 6.61 Å². The monoisotopic (exact) mass is 197 g/mol. The van der Waals surface area contributed by atoms with Crippen molar-refractivity contribution in [3.63, 3.8) is 0 Å². The molecule has 0 heterocycles. The van der Waals surface area contributed by atoms with E-state index in [1.165, 1.54) is 32.1 Å². The summed E-state index contributed by atoms with van der Waals surface area (Å²) in [5.41, 5.74) is 0.00866. The Labute approximate surface area is 87.1 Å². The molecule has 2 heteroatoms. The third-order valence-corrected chi connectivity index (χ3v) is 4.04. The SMILES string of the molecule is CC1CCC(NC(C)(CO)C2CC2)C1. The molecule has 2 N–H and O–H groups in total. The zero-order valence-corrected chi connectivity index (χ0v) is 9.42. The van der Waals surface area contributed by atoms with Gasteiger partial charge in [-0.1, -0.05) is 6.92 Å². The van der Waals surface area contributed by atoms with Crippen molar-refractivity contribution in [2.24, 2.45) is 11.8 Å². The van der Waals surface area contributed by atoms with Crippen molar-refractivity contribution in [1.29, 1.82) is 0 Å². The summed E-state index contributed by atoms with van der Waals surface area (Å²) in [7, 11) is 0. The van der Waals surface area contributed by atoms with Gasteiger partial charge in [0.15, 0.2) is 0 Å². The fraction of sp³-hybridized carbons (Fsp3) is 1.00. The summed E-state index contributed by atoms with van der Waals surface area (Å²) in [4.78, 5) is 0. The second-order valence-electron chi connectivity index (χ2n) is 5.61. The average Bonchev–Trinajstić information content (AvgIpc) is 2.93. The molecule has 0 saturated heterocycles. The van der Waals surface area contributed by atoms with Gasteiger partial charge in [-0.15, -0.1) is 0 Å². The van der Waals surface area contributed by atoms with Crippen LogP contribution in [-0.2, 0) is 0 Å². The highest BCUT2D eigenvalue weighted by molar-refractivity contribution is 5.00. The summed E-state index contributed by atoms with van der Waals surface area (Å²) in [6.45, 7) is 4.81. The third-order valence-electron chi connectivity index (χ3n) is 4.04. The number of nitrogens with one attached hydrogen (secondary N) is 1. The number of hydrogen-bond donors (Lipinski definition) is 2. The molecule has 2 aliphatic rings. The van der Waals surface area contributed by atoms with E-state index in [-0.39, 0.29) is 5.54 Å². The van der Waals surface area contributed by atoms with Gasteiger partial charge in [0.25, 0.3) is 0 Å². The highest BCUT2D eigenvalue weighted by Crippen LogP contribution is 2.40. The van der Waals surface area contributed by atoms with Crippen molar-refractivity contribution in [1.82, 2.24) is 5.32 Å². The Morgan fingerprint density at radius 3 is 2.43 bits per heavy atom. The summed E-state index contributed by atoms with van der Waals surface area (Å²) in [6.07, 6.45) is 6.54. The molecular formula is C12H23NO. The van der Waals surface area contributed by atoms with Crippen molar-refractivity contribution in [2.75, 3.05) is 6.61 Å². The first-order chi connectivity index (χ1) is 6.64. The molecule has 3 unspecified atom stereocenters. The summed E-state index contributed by atoms with van der Waals surface area (Å²) >= 11 is 0. The molecule has 0 aromatic rings. The molecule has 2 nitrogen and oxygen atoms in total.